The van der Waals surface area contributed by atoms with Crippen molar-refractivity contribution in [1.29, 1.82) is 0 Å². The summed E-state index contributed by atoms with van der Waals surface area (Å²) in [6.45, 7) is 24.4. The van der Waals surface area contributed by atoms with Gasteiger partial charge in [-0.1, -0.05) is 0 Å². The molecule has 1 fully saturated rings. The average molecular weight is 673 g/mol. The zero-order valence-corrected chi connectivity index (χ0v) is 31.5. The van der Waals surface area contributed by atoms with Gasteiger partial charge in [0.2, 0.25) is 0 Å². The Bertz CT molecular complexity index is 1290. The molecule has 0 radical (unpaired) electrons. The predicted octanol–water partition coefficient (Wildman–Crippen LogP) is 4.45. The summed E-state index contributed by atoms with van der Waals surface area (Å²) in [6, 6.07) is 15.1. The van der Waals surface area contributed by atoms with Crippen molar-refractivity contribution in [2.45, 2.75) is 115 Å². The van der Waals surface area contributed by atoms with Crippen molar-refractivity contribution in [3.05, 3.63) is 79.3 Å². The molecule has 40 heavy (non-hydrogen) atoms. The van der Waals surface area contributed by atoms with E-state index in [4.69, 9.17) is 0 Å². The summed E-state index contributed by atoms with van der Waals surface area (Å²) in [6.07, 6.45) is 12.5. The van der Waals surface area contributed by atoms with Crippen LogP contribution in [-0.2, 0) is 32.1 Å². The summed E-state index contributed by atoms with van der Waals surface area (Å²) in [5, 5.41) is 1.71. The maximum atomic E-state index is 2.77. The van der Waals surface area contributed by atoms with Gasteiger partial charge in [0, 0.05) is 0 Å². The van der Waals surface area contributed by atoms with Crippen LogP contribution < -0.4 is 24.8 Å². The third kappa shape index (κ3) is 6.51. The number of halogens is 2. The van der Waals surface area contributed by atoms with Crippen LogP contribution >= 0.6 is 0 Å². The first-order valence-electron chi connectivity index (χ1n) is 15.1. The standard InChI is InChI=1S/C21H25.C9H15Si.C6H10.2ClH.Zr/c1-20(2,3)16-7-9-18-14(12-16)11-15-13-17(21(4,5)6)8-10-19(15)18;1-8-5-6-9(7-8)10(2,3)4;1-2-4-6-5-3-1;;;/h7-13H,1-6H3;6-8H,1-4H3;1-5H2;2*1H;/q;;;;;+2/p-2. The quantitative estimate of drug-likeness (QED) is 0.423. The van der Waals surface area contributed by atoms with E-state index in [1.807, 2.05) is 6.49 Å². The summed E-state index contributed by atoms with van der Waals surface area (Å²) in [7, 11) is -1.35. The molecule has 0 bridgehead atoms. The Morgan fingerprint density at radius 3 is 1.60 bits per heavy atom. The minimum atomic E-state index is -2.28. The number of fused-ring (bicyclic) bond motifs is 3. The van der Waals surface area contributed by atoms with E-state index in [9.17, 15) is 0 Å². The third-order valence-corrected chi connectivity index (χ3v) is 20.4. The SMILES string of the molecule is CC1C=C([Si](C)(C)C)C=[C]1[Zr+2](=[C]1CCCCC1)[CH]1c2cc(C(C)(C)C)ccc2-c2ccc(C(C)(C)C)cc21.[Cl-].[Cl-]. The molecule has 0 spiro atoms. The normalized spacial score (nSPS) is 19.0. The molecule has 1 saturated carbocycles. The Hall–Kier alpha value is -0.530. The fraction of sp³-hybridized carbons (Fsp3) is 0.528. The summed E-state index contributed by atoms with van der Waals surface area (Å²) >= 11 is -2.28. The minimum Gasteiger partial charge on any atom is -1.00 e. The largest absolute Gasteiger partial charge is 1.00 e. The van der Waals surface area contributed by atoms with Gasteiger partial charge < -0.3 is 24.8 Å². The van der Waals surface area contributed by atoms with Gasteiger partial charge in [-0.2, -0.15) is 0 Å². The van der Waals surface area contributed by atoms with Crippen LogP contribution in [0.15, 0.2) is 57.0 Å². The van der Waals surface area contributed by atoms with E-state index >= 15 is 0 Å². The van der Waals surface area contributed by atoms with Crippen LogP contribution in [-0.4, -0.2) is 11.3 Å². The van der Waals surface area contributed by atoms with Gasteiger partial charge in [-0.3, -0.25) is 0 Å². The molecular formula is C36H50Cl2SiZr. The maximum absolute atomic E-state index is 2.77. The molecular weight excluding hydrogens is 623 g/mol. The van der Waals surface area contributed by atoms with E-state index in [1.165, 1.54) is 54.4 Å². The van der Waals surface area contributed by atoms with Crippen molar-refractivity contribution in [2.24, 2.45) is 5.92 Å². The van der Waals surface area contributed by atoms with Gasteiger partial charge >= 0.3 is 244 Å². The number of allylic oxidation sites excluding steroid dienone is 4. The zero-order valence-electron chi connectivity index (χ0n) is 26.6. The second-order valence-corrected chi connectivity index (χ2v) is 27.1. The van der Waals surface area contributed by atoms with Crippen LogP contribution in [0.4, 0.5) is 0 Å². The summed E-state index contributed by atoms with van der Waals surface area (Å²) in [5.74, 6) is 0.615. The maximum Gasteiger partial charge on any atom is -1.00 e. The molecule has 0 amide bonds. The van der Waals surface area contributed by atoms with E-state index in [1.54, 1.807) is 16.3 Å². The fourth-order valence-corrected chi connectivity index (χ4v) is 18.4. The van der Waals surface area contributed by atoms with Crippen LogP contribution in [0.25, 0.3) is 11.1 Å². The summed E-state index contributed by atoms with van der Waals surface area (Å²) in [5.41, 5.74) is 9.71. The van der Waals surface area contributed by atoms with Crippen molar-refractivity contribution in [3.63, 3.8) is 0 Å². The van der Waals surface area contributed by atoms with E-state index < -0.39 is 29.3 Å². The van der Waals surface area contributed by atoms with E-state index in [2.05, 4.69) is 117 Å². The molecule has 4 heteroatoms. The van der Waals surface area contributed by atoms with Gasteiger partial charge in [0.05, 0.1) is 0 Å². The van der Waals surface area contributed by atoms with Gasteiger partial charge in [0.25, 0.3) is 0 Å². The van der Waals surface area contributed by atoms with Crippen LogP contribution in [0.3, 0.4) is 0 Å². The topological polar surface area (TPSA) is 0 Å². The molecule has 5 rings (SSSR count). The molecule has 0 N–H and O–H groups in total. The van der Waals surface area contributed by atoms with Crippen molar-refractivity contribution in [3.8, 4) is 11.1 Å². The Kier molecular flexibility index (Phi) is 10.4. The average Bonchev–Trinajstić information content (AvgIpc) is 3.37. The first-order chi connectivity index (χ1) is 17.7. The number of hydrogen-bond donors (Lipinski definition) is 0. The first kappa shape index (κ1) is 34.0. The monoisotopic (exact) mass is 670 g/mol. The molecule has 1 atom stereocenters. The summed E-state index contributed by atoms with van der Waals surface area (Å²) in [4.78, 5) is 0. The van der Waals surface area contributed by atoms with Gasteiger partial charge in [0.1, 0.15) is 0 Å². The Morgan fingerprint density at radius 1 is 0.725 bits per heavy atom. The predicted molar refractivity (Wildman–Crippen MR) is 168 cm³/mol. The Labute approximate surface area is 266 Å². The number of rotatable bonds is 3. The molecule has 0 aromatic heterocycles. The Morgan fingerprint density at radius 2 is 1.20 bits per heavy atom. The van der Waals surface area contributed by atoms with E-state index in [-0.39, 0.29) is 35.6 Å². The minimum absolute atomic E-state index is 0. The van der Waals surface area contributed by atoms with Gasteiger partial charge in [-0.25, -0.2) is 0 Å². The first-order valence-corrected chi connectivity index (χ1v) is 22.5. The molecule has 3 aliphatic rings. The van der Waals surface area contributed by atoms with Crippen molar-refractivity contribution in [1.82, 2.24) is 0 Å². The molecule has 0 saturated heterocycles. The molecule has 3 aliphatic carbocycles. The molecule has 2 aromatic carbocycles. The van der Waals surface area contributed by atoms with Crippen LogP contribution in [0.2, 0.25) is 19.6 Å². The molecule has 216 valence electrons. The Balaban J connectivity index is 0.00000220. The summed E-state index contributed by atoms with van der Waals surface area (Å²) < 4.78 is 4.53. The van der Waals surface area contributed by atoms with Gasteiger partial charge in [-0.05, 0) is 0 Å². The number of hydrogen-bond acceptors (Lipinski definition) is 0. The van der Waals surface area contributed by atoms with E-state index in [0.29, 0.717) is 9.54 Å². The molecule has 1 unspecified atom stereocenters. The van der Waals surface area contributed by atoms with Crippen LogP contribution in [0.5, 0.6) is 0 Å². The fourth-order valence-electron chi connectivity index (χ4n) is 6.82. The van der Waals surface area contributed by atoms with Gasteiger partial charge in [-0.15, -0.1) is 0 Å². The van der Waals surface area contributed by atoms with Crippen molar-refractivity contribution in [2.75, 3.05) is 0 Å². The second kappa shape index (κ2) is 12.2. The van der Waals surface area contributed by atoms with Crippen molar-refractivity contribution < 1.29 is 46.1 Å². The third-order valence-electron chi connectivity index (χ3n) is 9.28. The van der Waals surface area contributed by atoms with Crippen molar-refractivity contribution >= 4 is 11.3 Å². The smallest absolute Gasteiger partial charge is 1.00 e. The molecule has 0 aliphatic heterocycles. The van der Waals surface area contributed by atoms with E-state index in [0.717, 1.165) is 0 Å². The van der Waals surface area contributed by atoms with Gasteiger partial charge in [0.15, 0.2) is 0 Å². The number of benzene rings is 2. The van der Waals surface area contributed by atoms with Crippen LogP contribution in [0.1, 0.15) is 106 Å². The molecule has 0 nitrogen and oxygen atoms in total. The molecule has 0 heterocycles. The second-order valence-electron chi connectivity index (χ2n) is 15.4. The molecule has 2 aromatic rings. The zero-order chi connectivity index (χ0) is 27.6. The van der Waals surface area contributed by atoms with Crippen LogP contribution in [0, 0.1) is 5.92 Å².